The first-order valence-corrected chi connectivity index (χ1v) is 6.02. The number of hydrogen-bond donors (Lipinski definition) is 2. The minimum atomic E-state index is -0.350. The molecule has 2 unspecified atom stereocenters. The highest BCUT2D eigenvalue weighted by molar-refractivity contribution is 6.14. The minimum absolute atomic E-state index is 0.0761. The van der Waals surface area contributed by atoms with Gasteiger partial charge < -0.3 is 14.9 Å². The summed E-state index contributed by atoms with van der Waals surface area (Å²) in [7, 11) is 0. The summed E-state index contributed by atoms with van der Waals surface area (Å²) < 4.78 is 5.59. The molecular formula is C15H10O4. The molecule has 1 heterocycles. The predicted octanol–water partition coefficient (Wildman–Crippen LogP) is 2.45. The largest absolute Gasteiger partial charge is 0.507 e. The Labute approximate surface area is 108 Å². The van der Waals surface area contributed by atoms with Crippen molar-refractivity contribution in [2.45, 2.75) is 12.2 Å². The summed E-state index contributed by atoms with van der Waals surface area (Å²) in [6.45, 7) is 0. The molecule has 2 aromatic carbocycles. The fraction of sp³-hybridized carbons (Fsp3) is 0.133. The summed E-state index contributed by atoms with van der Waals surface area (Å²) in [5, 5.41) is 19.9. The Bertz CT molecular complexity index is 661. The summed E-state index contributed by atoms with van der Waals surface area (Å²) in [6, 6.07) is 9.88. The number of epoxide rings is 1. The fourth-order valence-electron chi connectivity index (χ4n) is 2.79. The Balaban J connectivity index is 2.07. The molecule has 0 radical (unpaired) electrons. The third-order valence-corrected chi connectivity index (χ3v) is 3.71. The van der Waals surface area contributed by atoms with E-state index >= 15 is 0 Å². The molecule has 19 heavy (non-hydrogen) atoms. The maximum atomic E-state index is 12.6. The molecule has 2 atom stereocenters. The van der Waals surface area contributed by atoms with Gasteiger partial charge in [-0.2, -0.15) is 0 Å². The number of fused-ring (bicyclic) bond motifs is 5. The lowest BCUT2D eigenvalue weighted by atomic mass is 9.97. The van der Waals surface area contributed by atoms with E-state index in [0.717, 1.165) is 0 Å². The Kier molecular flexibility index (Phi) is 1.87. The predicted molar refractivity (Wildman–Crippen MR) is 66.2 cm³/mol. The van der Waals surface area contributed by atoms with Crippen molar-refractivity contribution in [1.29, 1.82) is 0 Å². The SMILES string of the molecule is O=C1c2c(O)cccc2C2OC2c2cccc(O)c21. The third-order valence-electron chi connectivity index (χ3n) is 3.71. The monoisotopic (exact) mass is 254 g/mol. The van der Waals surface area contributed by atoms with Crippen molar-refractivity contribution >= 4 is 5.78 Å². The standard InChI is InChI=1S/C15H10O4/c16-9-5-1-3-7-11(9)13(18)12-8(15-14(7)19-15)4-2-6-10(12)17/h1-6,14-17H. The lowest BCUT2D eigenvalue weighted by Crippen LogP contribution is -2.06. The summed E-state index contributed by atoms with van der Waals surface area (Å²) in [5.41, 5.74) is 1.83. The molecule has 94 valence electrons. The number of phenols is 2. The summed E-state index contributed by atoms with van der Waals surface area (Å²) in [5.74, 6) is -0.502. The molecule has 0 amide bonds. The van der Waals surface area contributed by atoms with Crippen LogP contribution >= 0.6 is 0 Å². The van der Waals surface area contributed by atoms with Gasteiger partial charge in [0.2, 0.25) is 5.78 Å². The maximum absolute atomic E-state index is 12.6. The van der Waals surface area contributed by atoms with E-state index in [2.05, 4.69) is 0 Å². The first kappa shape index (κ1) is 10.6. The Morgan fingerprint density at radius 1 is 0.842 bits per heavy atom. The van der Waals surface area contributed by atoms with Gasteiger partial charge in [0.15, 0.2) is 0 Å². The van der Waals surface area contributed by atoms with Gasteiger partial charge in [0.1, 0.15) is 23.7 Å². The molecule has 0 saturated carbocycles. The van der Waals surface area contributed by atoms with Crippen LogP contribution in [0.3, 0.4) is 0 Å². The number of carbonyl (C=O) groups excluding carboxylic acids is 1. The molecule has 1 aliphatic heterocycles. The van der Waals surface area contributed by atoms with E-state index in [-0.39, 0.29) is 40.6 Å². The molecule has 4 heteroatoms. The van der Waals surface area contributed by atoms with Gasteiger partial charge in [0.25, 0.3) is 0 Å². The minimum Gasteiger partial charge on any atom is -0.507 e. The topological polar surface area (TPSA) is 70.1 Å². The average molecular weight is 254 g/mol. The second-order valence-electron chi connectivity index (χ2n) is 4.79. The van der Waals surface area contributed by atoms with E-state index in [1.54, 1.807) is 24.3 Å². The molecular weight excluding hydrogens is 244 g/mol. The van der Waals surface area contributed by atoms with E-state index in [1.165, 1.54) is 12.1 Å². The van der Waals surface area contributed by atoms with Crippen molar-refractivity contribution in [2.75, 3.05) is 0 Å². The Morgan fingerprint density at radius 3 is 1.79 bits per heavy atom. The van der Waals surface area contributed by atoms with Gasteiger partial charge in [-0.25, -0.2) is 0 Å². The van der Waals surface area contributed by atoms with Crippen molar-refractivity contribution in [3.05, 3.63) is 58.7 Å². The number of phenolic OH excluding ortho intramolecular Hbond substituents is 2. The molecule has 2 N–H and O–H groups in total. The van der Waals surface area contributed by atoms with Crippen molar-refractivity contribution in [1.82, 2.24) is 0 Å². The van der Waals surface area contributed by atoms with Gasteiger partial charge in [-0.1, -0.05) is 24.3 Å². The van der Waals surface area contributed by atoms with E-state index in [0.29, 0.717) is 11.1 Å². The number of rotatable bonds is 0. The molecule has 1 aliphatic carbocycles. The first-order chi connectivity index (χ1) is 9.18. The highest BCUT2D eigenvalue weighted by Gasteiger charge is 2.48. The van der Waals surface area contributed by atoms with E-state index in [9.17, 15) is 15.0 Å². The first-order valence-electron chi connectivity index (χ1n) is 6.02. The van der Waals surface area contributed by atoms with Crippen LogP contribution < -0.4 is 0 Å². The lowest BCUT2D eigenvalue weighted by molar-refractivity contribution is 0.103. The van der Waals surface area contributed by atoms with Crippen LogP contribution in [0.1, 0.15) is 39.3 Å². The van der Waals surface area contributed by atoms with Crippen molar-refractivity contribution in [3.8, 4) is 11.5 Å². The average Bonchev–Trinajstić information content (AvgIpc) is 3.17. The maximum Gasteiger partial charge on any atom is 0.201 e. The van der Waals surface area contributed by atoms with Crippen LogP contribution in [0.5, 0.6) is 11.5 Å². The summed E-state index contributed by atoms with van der Waals surface area (Å²) in [6.07, 6.45) is -0.428. The normalized spacial score (nSPS) is 23.1. The molecule has 4 rings (SSSR count). The fourth-order valence-corrected chi connectivity index (χ4v) is 2.79. The van der Waals surface area contributed by atoms with Crippen LogP contribution in [0.15, 0.2) is 36.4 Å². The molecule has 1 fully saturated rings. The third kappa shape index (κ3) is 1.29. The molecule has 4 nitrogen and oxygen atoms in total. The lowest BCUT2D eigenvalue weighted by Gasteiger charge is -2.10. The van der Waals surface area contributed by atoms with Crippen LogP contribution in [-0.4, -0.2) is 16.0 Å². The molecule has 0 bridgehead atoms. The van der Waals surface area contributed by atoms with E-state index in [4.69, 9.17) is 4.74 Å². The van der Waals surface area contributed by atoms with Crippen LogP contribution in [0.4, 0.5) is 0 Å². The summed E-state index contributed by atoms with van der Waals surface area (Å²) in [4.78, 5) is 12.6. The second kappa shape index (κ2) is 3.36. The number of ether oxygens (including phenoxy) is 1. The van der Waals surface area contributed by atoms with Crippen LogP contribution in [-0.2, 0) is 4.74 Å². The highest BCUT2D eigenvalue weighted by Crippen LogP contribution is 2.56. The van der Waals surface area contributed by atoms with Gasteiger partial charge in [-0.3, -0.25) is 4.79 Å². The number of carbonyl (C=O) groups is 1. The molecule has 1 saturated heterocycles. The van der Waals surface area contributed by atoms with Crippen molar-refractivity contribution in [3.63, 3.8) is 0 Å². The number of benzene rings is 2. The molecule has 2 aromatic rings. The molecule has 0 aromatic heterocycles. The van der Waals surface area contributed by atoms with Crippen LogP contribution in [0, 0.1) is 0 Å². The zero-order valence-electron chi connectivity index (χ0n) is 9.83. The van der Waals surface area contributed by atoms with Crippen LogP contribution in [0.2, 0.25) is 0 Å². The van der Waals surface area contributed by atoms with Crippen LogP contribution in [0.25, 0.3) is 0 Å². The second-order valence-corrected chi connectivity index (χ2v) is 4.79. The van der Waals surface area contributed by atoms with Gasteiger partial charge in [0, 0.05) is 0 Å². The number of aromatic hydroxyl groups is 2. The van der Waals surface area contributed by atoms with Crippen molar-refractivity contribution in [2.24, 2.45) is 0 Å². The van der Waals surface area contributed by atoms with E-state index < -0.39 is 0 Å². The Hall–Kier alpha value is -2.33. The van der Waals surface area contributed by atoms with Gasteiger partial charge in [0.05, 0.1) is 11.1 Å². The van der Waals surface area contributed by atoms with Gasteiger partial charge in [-0.05, 0) is 23.3 Å². The van der Waals surface area contributed by atoms with Gasteiger partial charge >= 0.3 is 0 Å². The van der Waals surface area contributed by atoms with E-state index in [1.807, 2.05) is 0 Å². The highest BCUT2D eigenvalue weighted by atomic mass is 16.6. The number of ketones is 1. The zero-order chi connectivity index (χ0) is 13.1. The summed E-state index contributed by atoms with van der Waals surface area (Å²) >= 11 is 0. The smallest absolute Gasteiger partial charge is 0.201 e. The van der Waals surface area contributed by atoms with Crippen molar-refractivity contribution < 1.29 is 19.7 Å². The Morgan fingerprint density at radius 2 is 1.32 bits per heavy atom. The molecule has 0 spiro atoms. The zero-order valence-corrected chi connectivity index (χ0v) is 9.83. The van der Waals surface area contributed by atoms with Gasteiger partial charge in [-0.15, -0.1) is 0 Å². The number of hydrogen-bond acceptors (Lipinski definition) is 4. The quantitative estimate of drug-likeness (QED) is 0.708. The molecule has 2 aliphatic rings.